The molecule has 0 bridgehead atoms. The van der Waals surface area contributed by atoms with Gasteiger partial charge in [0, 0.05) is 12.1 Å². The van der Waals surface area contributed by atoms with E-state index in [1.54, 1.807) is 0 Å². The highest BCUT2D eigenvalue weighted by atomic mass is 35.5. The van der Waals surface area contributed by atoms with Gasteiger partial charge < -0.3 is 5.32 Å². The van der Waals surface area contributed by atoms with Gasteiger partial charge in [0.25, 0.3) is 0 Å². The molecule has 1 aliphatic rings. The lowest BCUT2D eigenvalue weighted by Crippen LogP contribution is -2.38. The molecule has 1 unspecified atom stereocenters. The molecule has 1 N–H and O–H groups in total. The van der Waals surface area contributed by atoms with Gasteiger partial charge in [-0.15, -0.1) is 11.3 Å². The molecule has 1 fully saturated rings. The summed E-state index contributed by atoms with van der Waals surface area (Å²) in [6.07, 6.45) is 1.43. The summed E-state index contributed by atoms with van der Waals surface area (Å²) in [4.78, 5) is 0. The summed E-state index contributed by atoms with van der Waals surface area (Å²) in [5, 5.41) is 5.51. The highest BCUT2D eigenvalue weighted by Crippen LogP contribution is 2.26. The van der Waals surface area contributed by atoms with Crippen LogP contribution in [0, 0.1) is 0 Å². The molecule has 17 heavy (non-hydrogen) atoms. The fourth-order valence-corrected chi connectivity index (χ4v) is 4.53. The molecule has 0 saturated carbocycles. The molecular weight excluding hydrogens is 278 g/mol. The smallest absolute Gasteiger partial charge is 0.150 e. The summed E-state index contributed by atoms with van der Waals surface area (Å²) in [5.74, 6) is 0.615. The third-order valence-electron chi connectivity index (χ3n) is 3.13. The van der Waals surface area contributed by atoms with Crippen LogP contribution in [0.3, 0.4) is 0 Å². The van der Waals surface area contributed by atoms with Crippen LogP contribution in [0.5, 0.6) is 0 Å². The van der Waals surface area contributed by atoms with Crippen LogP contribution in [0.1, 0.15) is 31.4 Å². The average Bonchev–Trinajstić information content (AvgIpc) is 2.68. The molecule has 0 aromatic carbocycles. The van der Waals surface area contributed by atoms with Gasteiger partial charge >= 0.3 is 0 Å². The Morgan fingerprint density at radius 1 is 1.47 bits per heavy atom. The van der Waals surface area contributed by atoms with Crippen molar-refractivity contribution in [2.75, 3.05) is 11.5 Å². The van der Waals surface area contributed by atoms with Crippen molar-refractivity contribution in [3.63, 3.8) is 0 Å². The minimum absolute atomic E-state index is 0.226. The molecule has 0 aliphatic carbocycles. The normalized spacial score (nSPS) is 22.5. The Bertz CT molecular complexity index is 469. The highest BCUT2D eigenvalue weighted by Gasteiger charge is 2.24. The minimum Gasteiger partial charge on any atom is -0.307 e. The van der Waals surface area contributed by atoms with E-state index < -0.39 is 9.84 Å². The highest BCUT2D eigenvalue weighted by molar-refractivity contribution is 7.91. The molecule has 1 saturated heterocycles. The van der Waals surface area contributed by atoms with E-state index in [0.29, 0.717) is 30.4 Å². The number of thiophene rings is 1. The molecule has 1 aliphatic heterocycles. The Balaban J connectivity index is 1.90. The maximum atomic E-state index is 11.3. The summed E-state index contributed by atoms with van der Waals surface area (Å²) in [6.45, 7) is 2.08. The topological polar surface area (TPSA) is 46.2 Å². The Labute approximate surface area is 111 Å². The zero-order valence-corrected chi connectivity index (χ0v) is 12.0. The van der Waals surface area contributed by atoms with Crippen molar-refractivity contribution in [3.8, 4) is 0 Å². The Morgan fingerprint density at radius 3 is 2.65 bits per heavy atom. The zero-order chi connectivity index (χ0) is 12.5. The van der Waals surface area contributed by atoms with E-state index >= 15 is 0 Å². The van der Waals surface area contributed by atoms with Crippen molar-refractivity contribution in [2.45, 2.75) is 31.8 Å². The maximum Gasteiger partial charge on any atom is 0.150 e. The predicted molar refractivity (Wildman–Crippen MR) is 72.6 cm³/mol. The molecule has 96 valence electrons. The van der Waals surface area contributed by atoms with Crippen LogP contribution in [-0.2, 0) is 9.84 Å². The molecule has 3 nitrogen and oxygen atoms in total. The first-order chi connectivity index (χ1) is 7.96. The Kier molecular flexibility index (Phi) is 4.13. The van der Waals surface area contributed by atoms with Crippen molar-refractivity contribution >= 4 is 32.8 Å². The lowest BCUT2D eigenvalue weighted by Gasteiger charge is -2.26. The summed E-state index contributed by atoms with van der Waals surface area (Å²) in [5.41, 5.74) is 1.17. The SMILES string of the molecule is CC(NC1CCS(=O)(=O)CC1)c1csc(Cl)c1. The summed E-state index contributed by atoms with van der Waals surface area (Å²) < 4.78 is 23.4. The first kappa shape index (κ1) is 13.3. The molecule has 1 atom stereocenters. The molecule has 0 radical (unpaired) electrons. The van der Waals surface area contributed by atoms with Crippen molar-refractivity contribution in [1.82, 2.24) is 5.32 Å². The van der Waals surface area contributed by atoms with Crippen LogP contribution >= 0.6 is 22.9 Å². The van der Waals surface area contributed by atoms with E-state index in [1.807, 2.05) is 11.4 Å². The van der Waals surface area contributed by atoms with Gasteiger partial charge in [0.1, 0.15) is 9.84 Å². The van der Waals surface area contributed by atoms with Crippen LogP contribution in [-0.4, -0.2) is 26.0 Å². The van der Waals surface area contributed by atoms with E-state index in [4.69, 9.17) is 11.6 Å². The van der Waals surface area contributed by atoms with Gasteiger partial charge in [-0.25, -0.2) is 8.42 Å². The number of hydrogen-bond acceptors (Lipinski definition) is 4. The van der Waals surface area contributed by atoms with Gasteiger partial charge in [0.05, 0.1) is 15.8 Å². The lowest BCUT2D eigenvalue weighted by atomic mass is 10.1. The molecule has 1 aromatic rings. The molecular formula is C11H16ClNO2S2. The largest absolute Gasteiger partial charge is 0.307 e. The second-order valence-corrected chi connectivity index (χ2v) is 8.34. The lowest BCUT2D eigenvalue weighted by molar-refractivity contribution is 0.420. The van der Waals surface area contributed by atoms with Crippen LogP contribution in [0.2, 0.25) is 4.34 Å². The number of sulfone groups is 1. The van der Waals surface area contributed by atoms with Crippen molar-refractivity contribution in [3.05, 3.63) is 21.3 Å². The third-order valence-corrected chi connectivity index (χ3v) is 5.95. The van der Waals surface area contributed by atoms with E-state index in [-0.39, 0.29) is 6.04 Å². The van der Waals surface area contributed by atoms with Crippen molar-refractivity contribution in [1.29, 1.82) is 0 Å². The Hall–Kier alpha value is -0.100. The van der Waals surface area contributed by atoms with Crippen molar-refractivity contribution in [2.24, 2.45) is 0 Å². The summed E-state index contributed by atoms with van der Waals surface area (Å²) in [6, 6.07) is 2.49. The minimum atomic E-state index is -2.77. The molecule has 0 spiro atoms. The molecule has 1 aromatic heterocycles. The van der Waals surface area contributed by atoms with Crippen molar-refractivity contribution < 1.29 is 8.42 Å². The average molecular weight is 294 g/mol. The monoisotopic (exact) mass is 293 g/mol. The second-order valence-electron chi connectivity index (χ2n) is 4.50. The van der Waals surface area contributed by atoms with E-state index in [9.17, 15) is 8.42 Å². The van der Waals surface area contributed by atoms with Gasteiger partial charge in [-0.3, -0.25) is 0 Å². The number of nitrogens with one attached hydrogen (secondary N) is 1. The van der Waals surface area contributed by atoms with Gasteiger partial charge in [0.15, 0.2) is 0 Å². The van der Waals surface area contributed by atoms with E-state index in [2.05, 4.69) is 12.2 Å². The van der Waals surface area contributed by atoms with E-state index in [1.165, 1.54) is 16.9 Å². The summed E-state index contributed by atoms with van der Waals surface area (Å²) >= 11 is 7.42. The quantitative estimate of drug-likeness (QED) is 0.932. The van der Waals surface area contributed by atoms with Gasteiger partial charge in [-0.05, 0) is 36.8 Å². The van der Waals surface area contributed by atoms with Gasteiger partial charge in [0.2, 0.25) is 0 Å². The first-order valence-corrected chi connectivity index (χ1v) is 8.74. The molecule has 0 amide bonds. The standard InChI is InChI=1S/C11H16ClNO2S2/c1-8(9-6-11(12)16-7-9)13-10-2-4-17(14,15)5-3-10/h6-8,10,13H,2-5H2,1H3. The maximum absolute atomic E-state index is 11.3. The Morgan fingerprint density at radius 2 is 2.12 bits per heavy atom. The van der Waals surface area contributed by atoms with Crippen LogP contribution in [0.4, 0.5) is 0 Å². The van der Waals surface area contributed by atoms with Gasteiger partial charge in [-0.2, -0.15) is 0 Å². The zero-order valence-electron chi connectivity index (χ0n) is 9.65. The molecule has 2 heterocycles. The van der Waals surface area contributed by atoms with E-state index in [0.717, 1.165) is 4.34 Å². The summed E-state index contributed by atoms with van der Waals surface area (Å²) in [7, 11) is -2.77. The van der Waals surface area contributed by atoms with Crippen LogP contribution in [0.15, 0.2) is 11.4 Å². The third kappa shape index (κ3) is 3.68. The number of hydrogen-bond donors (Lipinski definition) is 1. The predicted octanol–water partition coefficient (Wildman–Crippen LogP) is 2.63. The van der Waals surface area contributed by atoms with Crippen LogP contribution in [0.25, 0.3) is 0 Å². The number of halogens is 1. The molecule has 6 heteroatoms. The fraction of sp³-hybridized carbons (Fsp3) is 0.636. The number of rotatable bonds is 3. The molecule has 2 rings (SSSR count). The second kappa shape index (κ2) is 5.26. The van der Waals surface area contributed by atoms with Gasteiger partial charge in [-0.1, -0.05) is 11.6 Å². The first-order valence-electron chi connectivity index (χ1n) is 5.67. The fourth-order valence-electron chi connectivity index (χ4n) is 2.06. The van der Waals surface area contributed by atoms with Crippen LogP contribution < -0.4 is 5.32 Å².